The van der Waals surface area contributed by atoms with Crippen LogP contribution < -0.4 is 15.4 Å². The highest BCUT2D eigenvalue weighted by Crippen LogP contribution is 2.51. The van der Waals surface area contributed by atoms with Crippen LogP contribution in [0.1, 0.15) is 59.3 Å². The van der Waals surface area contributed by atoms with Crippen LogP contribution in [0.3, 0.4) is 0 Å². The van der Waals surface area contributed by atoms with E-state index in [4.69, 9.17) is 15.5 Å². The maximum absolute atomic E-state index is 15.2. The Morgan fingerprint density at radius 2 is 1.78 bits per heavy atom. The molecule has 49 heavy (non-hydrogen) atoms. The minimum absolute atomic E-state index is 0.0899. The van der Waals surface area contributed by atoms with Gasteiger partial charge in [-0.2, -0.15) is 13.9 Å². The first-order chi connectivity index (χ1) is 23.5. The predicted octanol–water partition coefficient (Wildman–Crippen LogP) is 4.20. The number of halogens is 4. The predicted molar refractivity (Wildman–Crippen MR) is 163 cm³/mol. The number of aliphatic hydroxyl groups excluding tert-OH is 1. The van der Waals surface area contributed by atoms with E-state index in [9.17, 15) is 23.5 Å². The molecule has 0 spiro atoms. The van der Waals surface area contributed by atoms with Crippen molar-refractivity contribution in [2.24, 2.45) is 11.7 Å². The number of primary amides is 1. The molecule has 2 amide bonds. The largest absolute Gasteiger partial charge is 0.483 e. The number of amides is 2. The molecule has 0 saturated heterocycles. The Kier molecular flexibility index (Phi) is 6.92. The quantitative estimate of drug-likeness (QED) is 0.218. The lowest BCUT2D eigenvalue weighted by Gasteiger charge is -2.37. The molecule has 4 aromatic heterocycles. The fraction of sp³-hybridized carbons (Fsp3) is 0.303. The van der Waals surface area contributed by atoms with Gasteiger partial charge in [-0.05, 0) is 67.9 Å². The summed E-state index contributed by atoms with van der Waals surface area (Å²) >= 11 is 0. The molecule has 1 unspecified atom stereocenters. The molecule has 3 aliphatic rings. The summed E-state index contributed by atoms with van der Waals surface area (Å²) in [5, 5.41) is 15.2. The van der Waals surface area contributed by atoms with Crippen molar-refractivity contribution in [2.75, 3.05) is 11.5 Å². The smallest absolute Gasteiger partial charge is 0.423 e. The molecule has 1 atom stereocenters. The van der Waals surface area contributed by atoms with Crippen LogP contribution >= 0.6 is 0 Å². The van der Waals surface area contributed by atoms with Gasteiger partial charge < -0.3 is 15.6 Å². The molecular weight excluding hydrogens is 648 g/mol. The molecule has 8 rings (SSSR count). The average Bonchev–Trinajstić information content (AvgIpc) is 4.01. The number of carbonyl (C=O) groups excluding carboxylic acids is 2. The van der Waals surface area contributed by atoms with E-state index in [1.165, 1.54) is 30.5 Å². The van der Waals surface area contributed by atoms with Gasteiger partial charge in [-0.25, -0.2) is 28.4 Å². The highest BCUT2D eigenvalue weighted by molar-refractivity contribution is 6.09. The minimum atomic E-state index is -4.37. The summed E-state index contributed by atoms with van der Waals surface area (Å²) < 4.78 is 64.4. The third-order valence-corrected chi connectivity index (χ3v) is 9.19. The second-order valence-corrected chi connectivity index (χ2v) is 12.4. The maximum atomic E-state index is 15.2. The normalized spacial score (nSPS) is 18.2. The van der Waals surface area contributed by atoms with E-state index < -0.39 is 53.5 Å². The number of aliphatic hydroxyl groups is 1. The molecule has 12 nitrogen and oxygen atoms in total. The monoisotopic (exact) mass is 674 g/mol. The van der Waals surface area contributed by atoms with Crippen LogP contribution in [0.5, 0.6) is 5.75 Å². The Bertz CT molecular complexity index is 2150. The Balaban J connectivity index is 1.31. The van der Waals surface area contributed by atoms with Gasteiger partial charge in [-0.3, -0.25) is 19.5 Å². The number of benzene rings is 1. The van der Waals surface area contributed by atoms with Crippen LogP contribution in [0.15, 0.2) is 55.1 Å². The van der Waals surface area contributed by atoms with Gasteiger partial charge >= 0.3 is 12.0 Å². The van der Waals surface area contributed by atoms with Crippen LogP contribution in [0.25, 0.3) is 22.2 Å². The molecule has 0 radical (unpaired) electrons. The fourth-order valence-electron chi connectivity index (χ4n) is 6.52. The third kappa shape index (κ3) is 5.05. The number of pyridine rings is 2. The zero-order valence-electron chi connectivity index (χ0n) is 25.5. The van der Waals surface area contributed by atoms with Gasteiger partial charge in [0.15, 0.2) is 23.0 Å². The van der Waals surface area contributed by atoms with Gasteiger partial charge in [0, 0.05) is 10.9 Å². The maximum Gasteiger partial charge on any atom is 0.483 e. The summed E-state index contributed by atoms with van der Waals surface area (Å²) in [6, 6.07) is 5.47. The SMILES string of the molecule is NC(=O)c1c(CC2CC2)nc2c(cnn2C2(c3ccc(F)cn3)CC2)c1-c1ccc2c(c1)OC(F)(F)C(=O)N2C(CO)c1ncc(F)cn1. The first kappa shape index (κ1) is 30.8. The summed E-state index contributed by atoms with van der Waals surface area (Å²) in [5.74, 6) is -4.32. The fourth-order valence-corrected chi connectivity index (χ4v) is 6.52. The Morgan fingerprint density at radius 1 is 1.04 bits per heavy atom. The topological polar surface area (TPSA) is 162 Å². The van der Waals surface area contributed by atoms with Crippen molar-refractivity contribution in [3.8, 4) is 16.9 Å². The van der Waals surface area contributed by atoms with Crippen molar-refractivity contribution in [2.45, 2.75) is 49.8 Å². The van der Waals surface area contributed by atoms with Gasteiger partial charge in [0.05, 0.1) is 54.0 Å². The highest BCUT2D eigenvalue weighted by atomic mass is 19.3. The number of alkyl halides is 2. The molecule has 0 bridgehead atoms. The third-order valence-electron chi connectivity index (χ3n) is 9.19. The molecule has 2 fully saturated rings. The Hall–Kier alpha value is -5.51. The standard InChI is InChI=1S/C33H26F4N8O4/c34-18-4-6-25(39-11-18)32(7-8-32)45-30-20(14-42-45)26(27(28(38)47)21(43-30)9-16-1-2-16)17-3-5-22-24(10-17)49-33(36,37)31(48)44(22)23(15-46)29-40-12-19(35)13-41-29/h3-6,10-14,16,23,46H,1-2,7-9,15H2,(H2,38,47). The van der Waals surface area contributed by atoms with E-state index in [0.29, 0.717) is 46.6 Å². The van der Waals surface area contributed by atoms with Crippen molar-refractivity contribution >= 4 is 28.5 Å². The van der Waals surface area contributed by atoms with E-state index in [2.05, 4.69) is 20.1 Å². The van der Waals surface area contributed by atoms with Crippen LogP contribution in [0.2, 0.25) is 0 Å². The molecule has 3 N–H and O–H groups in total. The average molecular weight is 675 g/mol. The molecule has 5 aromatic rings. The van der Waals surface area contributed by atoms with E-state index in [0.717, 1.165) is 31.4 Å². The van der Waals surface area contributed by atoms with Crippen LogP contribution in [0.4, 0.5) is 23.2 Å². The number of carbonyl (C=O) groups is 2. The van der Waals surface area contributed by atoms with Crippen LogP contribution in [0, 0.1) is 17.6 Å². The lowest BCUT2D eigenvalue weighted by Crippen LogP contribution is -2.53. The van der Waals surface area contributed by atoms with E-state index in [1.807, 2.05) is 0 Å². The number of hydrogen-bond acceptors (Lipinski definition) is 9. The lowest BCUT2D eigenvalue weighted by molar-refractivity contribution is -0.193. The summed E-state index contributed by atoms with van der Waals surface area (Å²) in [5.41, 5.74) is 7.12. The van der Waals surface area contributed by atoms with E-state index in [1.54, 1.807) is 10.7 Å². The number of anilines is 1. The molecular formula is C33H26F4N8O4. The summed E-state index contributed by atoms with van der Waals surface area (Å²) in [6.45, 7) is -0.875. The molecule has 2 aliphatic carbocycles. The first-order valence-electron chi connectivity index (χ1n) is 15.5. The number of fused-ring (bicyclic) bond motifs is 2. The van der Waals surface area contributed by atoms with E-state index >= 15 is 8.78 Å². The zero-order chi connectivity index (χ0) is 34.2. The van der Waals surface area contributed by atoms with Gasteiger partial charge in [-0.1, -0.05) is 6.07 Å². The highest BCUT2D eigenvalue weighted by Gasteiger charge is 2.53. The van der Waals surface area contributed by atoms with Crippen molar-refractivity contribution in [1.82, 2.24) is 29.7 Å². The second-order valence-electron chi connectivity index (χ2n) is 12.4. The summed E-state index contributed by atoms with van der Waals surface area (Å²) in [7, 11) is 0. The first-order valence-corrected chi connectivity index (χ1v) is 15.5. The molecule has 5 heterocycles. The number of nitrogens with two attached hydrogens (primary N) is 1. The van der Waals surface area contributed by atoms with E-state index in [-0.39, 0.29) is 34.1 Å². The summed E-state index contributed by atoms with van der Waals surface area (Å²) in [4.78, 5) is 43.6. The Labute approximate surface area is 274 Å². The molecule has 1 aromatic carbocycles. The number of aromatic nitrogens is 6. The zero-order valence-corrected chi connectivity index (χ0v) is 25.5. The van der Waals surface area contributed by atoms with Crippen LogP contribution in [-0.2, 0) is 16.8 Å². The number of rotatable bonds is 9. The van der Waals surface area contributed by atoms with Crippen molar-refractivity contribution in [1.29, 1.82) is 0 Å². The van der Waals surface area contributed by atoms with Crippen molar-refractivity contribution in [3.63, 3.8) is 0 Å². The lowest BCUT2D eigenvalue weighted by atomic mass is 9.93. The molecule has 250 valence electrons. The minimum Gasteiger partial charge on any atom is -0.423 e. The molecule has 2 saturated carbocycles. The second kappa shape index (κ2) is 11.0. The molecule has 1 aliphatic heterocycles. The van der Waals surface area contributed by atoms with Crippen molar-refractivity contribution in [3.05, 3.63) is 89.5 Å². The summed E-state index contributed by atoms with van der Waals surface area (Å²) in [6.07, 6.45) is 3.43. The number of ether oxygens (including phenoxy) is 1. The van der Waals surface area contributed by atoms with Gasteiger partial charge in [0.1, 0.15) is 17.4 Å². The van der Waals surface area contributed by atoms with Crippen molar-refractivity contribution < 1.29 is 37.0 Å². The van der Waals surface area contributed by atoms with Gasteiger partial charge in [-0.15, -0.1) is 0 Å². The Morgan fingerprint density at radius 3 is 2.41 bits per heavy atom. The van der Waals surface area contributed by atoms with Crippen LogP contribution in [-0.4, -0.2) is 59.4 Å². The number of hydrogen-bond donors (Lipinski definition) is 2. The van der Waals surface area contributed by atoms with Gasteiger partial charge in [0.2, 0.25) is 0 Å². The number of nitrogens with zero attached hydrogens (tertiary/aromatic N) is 7. The van der Waals surface area contributed by atoms with Gasteiger partial charge in [0.25, 0.3) is 5.91 Å². The molecule has 16 heteroatoms.